The lowest BCUT2D eigenvalue weighted by atomic mass is 9.94. The Balaban J connectivity index is -0.000000768. The molecule has 8 heteroatoms. The standard InChI is InChI=1S/C20H39NO4.C8H17NO2.C2H6.CH4/c1-7-10-15(4)19(23)21-17(6)13-14(3)11-9-12-16(5)20(24)25-18(22)8-2;1-6-4-7(9(2)3)5-8(10)11-6;1-2;/h14-18,22H,7-13H2,1-6H3,(H,21,23);6-8,10H,4-5H2,1-3H3;1-2H3;1H4/t14?,15-,16?,17-,18?;;;/m1.../s1. The van der Waals surface area contributed by atoms with Crippen LogP contribution in [-0.4, -0.2) is 71.9 Å². The molecule has 6 unspecified atom stereocenters. The van der Waals surface area contributed by atoms with Crippen molar-refractivity contribution in [2.75, 3.05) is 14.1 Å². The van der Waals surface area contributed by atoms with Crippen molar-refractivity contribution in [3.63, 3.8) is 0 Å². The molecular formula is C31H66N2O6. The maximum absolute atomic E-state index is 12.0. The Morgan fingerprint density at radius 3 is 2.10 bits per heavy atom. The summed E-state index contributed by atoms with van der Waals surface area (Å²) in [4.78, 5) is 25.9. The second-order valence-corrected chi connectivity index (χ2v) is 11.1. The molecule has 39 heavy (non-hydrogen) atoms. The Kier molecular flexibility index (Phi) is 26.6. The maximum atomic E-state index is 12.0. The Morgan fingerprint density at radius 2 is 1.62 bits per heavy atom. The normalized spacial score (nSPS) is 22.4. The van der Waals surface area contributed by atoms with Gasteiger partial charge in [-0.05, 0) is 59.5 Å². The minimum Gasteiger partial charge on any atom is -0.436 e. The molecule has 1 amide bonds. The van der Waals surface area contributed by atoms with E-state index in [0.717, 1.165) is 51.4 Å². The molecule has 8 atom stereocenters. The van der Waals surface area contributed by atoms with E-state index in [1.54, 1.807) is 6.92 Å². The summed E-state index contributed by atoms with van der Waals surface area (Å²) in [6, 6.07) is 0.637. The van der Waals surface area contributed by atoms with Gasteiger partial charge in [0.25, 0.3) is 0 Å². The molecular weight excluding hydrogens is 496 g/mol. The third-order valence-corrected chi connectivity index (χ3v) is 6.85. The number of rotatable bonds is 14. The van der Waals surface area contributed by atoms with Crippen molar-refractivity contribution in [3.8, 4) is 0 Å². The first-order chi connectivity index (χ1) is 17.8. The first-order valence-corrected chi connectivity index (χ1v) is 15.0. The second kappa shape index (κ2) is 24.6. The van der Waals surface area contributed by atoms with E-state index >= 15 is 0 Å². The zero-order valence-corrected chi connectivity index (χ0v) is 26.5. The molecule has 1 aliphatic heterocycles. The van der Waals surface area contributed by atoms with Crippen LogP contribution in [0.1, 0.15) is 128 Å². The number of aliphatic hydroxyl groups excluding tert-OH is 2. The van der Waals surface area contributed by atoms with Crippen LogP contribution in [0.4, 0.5) is 0 Å². The van der Waals surface area contributed by atoms with Gasteiger partial charge in [-0.3, -0.25) is 9.59 Å². The highest BCUT2D eigenvalue weighted by Gasteiger charge is 2.26. The number of hydrogen-bond donors (Lipinski definition) is 3. The van der Waals surface area contributed by atoms with E-state index in [1.165, 1.54) is 0 Å². The molecule has 1 aliphatic rings. The average Bonchev–Trinajstić information content (AvgIpc) is 2.84. The summed E-state index contributed by atoms with van der Waals surface area (Å²) in [5.41, 5.74) is 0. The smallest absolute Gasteiger partial charge is 0.310 e. The quantitative estimate of drug-likeness (QED) is 0.173. The largest absolute Gasteiger partial charge is 0.436 e. The van der Waals surface area contributed by atoms with E-state index in [1.807, 2.05) is 48.7 Å². The third-order valence-electron chi connectivity index (χ3n) is 6.85. The summed E-state index contributed by atoms with van der Waals surface area (Å²) in [5.74, 6) is 0.190. The lowest BCUT2D eigenvalue weighted by Crippen LogP contribution is -2.41. The molecule has 0 aromatic heterocycles. The van der Waals surface area contributed by atoms with Gasteiger partial charge in [-0.15, -0.1) is 0 Å². The number of carbonyl (C=O) groups is 2. The summed E-state index contributed by atoms with van der Waals surface area (Å²) < 4.78 is 10.1. The van der Waals surface area contributed by atoms with Crippen molar-refractivity contribution in [2.24, 2.45) is 17.8 Å². The molecule has 8 nitrogen and oxygen atoms in total. The van der Waals surface area contributed by atoms with Crippen LogP contribution in [0.3, 0.4) is 0 Å². The Hall–Kier alpha value is -1.22. The highest BCUT2D eigenvalue weighted by Crippen LogP contribution is 2.21. The highest BCUT2D eigenvalue weighted by molar-refractivity contribution is 5.78. The predicted molar refractivity (Wildman–Crippen MR) is 162 cm³/mol. The second-order valence-electron chi connectivity index (χ2n) is 11.1. The van der Waals surface area contributed by atoms with Gasteiger partial charge in [0.2, 0.25) is 5.91 Å². The zero-order chi connectivity index (χ0) is 29.8. The molecule has 0 spiro atoms. The van der Waals surface area contributed by atoms with Gasteiger partial charge in [0.15, 0.2) is 12.6 Å². The van der Waals surface area contributed by atoms with Gasteiger partial charge in [0.05, 0.1) is 12.0 Å². The van der Waals surface area contributed by atoms with Crippen molar-refractivity contribution in [3.05, 3.63) is 0 Å². The van der Waals surface area contributed by atoms with Gasteiger partial charge in [0.1, 0.15) is 0 Å². The van der Waals surface area contributed by atoms with E-state index in [-0.39, 0.29) is 43.3 Å². The van der Waals surface area contributed by atoms with Crippen molar-refractivity contribution in [1.29, 1.82) is 0 Å². The fraction of sp³-hybridized carbons (Fsp3) is 0.935. The van der Waals surface area contributed by atoms with Crippen molar-refractivity contribution >= 4 is 11.9 Å². The predicted octanol–water partition coefficient (Wildman–Crippen LogP) is 6.13. The van der Waals surface area contributed by atoms with Gasteiger partial charge >= 0.3 is 5.97 Å². The molecule has 0 bridgehead atoms. The lowest BCUT2D eigenvalue weighted by Gasteiger charge is -2.34. The first kappa shape index (κ1) is 42.2. The van der Waals surface area contributed by atoms with Crippen LogP contribution in [0.2, 0.25) is 0 Å². The summed E-state index contributed by atoms with van der Waals surface area (Å²) in [6.07, 6.45) is 6.39. The molecule has 0 aromatic rings. The van der Waals surface area contributed by atoms with E-state index in [4.69, 9.17) is 9.47 Å². The first-order valence-electron chi connectivity index (χ1n) is 15.0. The van der Waals surface area contributed by atoms with Gasteiger partial charge in [0, 0.05) is 30.8 Å². The van der Waals surface area contributed by atoms with Crippen LogP contribution in [0.5, 0.6) is 0 Å². The summed E-state index contributed by atoms with van der Waals surface area (Å²) in [7, 11) is 4.07. The average molecular weight is 563 g/mol. The maximum Gasteiger partial charge on any atom is 0.310 e. The Labute approximate surface area is 241 Å². The Bertz CT molecular complexity index is 594. The highest BCUT2D eigenvalue weighted by atomic mass is 16.6. The molecule has 0 saturated carbocycles. The summed E-state index contributed by atoms with van der Waals surface area (Å²) in [5, 5.41) is 21.7. The fourth-order valence-electron chi connectivity index (χ4n) is 4.47. The van der Waals surface area contributed by atoms with Crippen LogP contribution in [-0.2, 0) is 19.1 Å². The number of nitrogens with zero attached hydrogens (tertiary/aromatic N) is 1. The Morgan fingerprint density at radius 1 is 1.03 bits per heavy atom. The lowest BCUT2D eigenvalue weighted by molar-refractivity contribution is -0.173. The number of esters is 1. The van der Waals surface area contributed by atoms with Gasteiger partial charge < -0.3 is 29.9 Å². The van der Waals surface area contributed by atoms with Crippen LogP contribution >= 0.6 is 0 Å². The molecule has 1 heterocycles. The van der Waals surface area contributed by atoms with E-state index < -0.39 is 12.6 Å². The minimum atomic E-state index is -0.992. The number of carbonyl (C=O) groups excluding carboxylic acids is 2. The van der Waals surface area contributed by atoms with E-state index in [2.05, 4.69) is 31.0 Å². The van der Waals surface area contributed by atoms with Crippen molar-refractivity contribution in [1.82, 2.24) is 10.2 Å². The van der Waals surface area contributed by atoms with Crippen LogP contribution < -0.4 is 5.32 Å². The topological polar surface area (TPSA) is 108 Å². The number of aliphatic hydroxyl groups is 2. The number of amides is 1. The summed E-state index contributed by atoms with van der Waals surface area (Å²) >= 11 is 0. The summed E-state index contributed by atoms with van der Waals surface area (Å²) in [6.45, 7) is 17.9. The molecule has 1 saturated heterocycles. The molecule has 1 rings (SSSR count). The number of hydrogen-bond acceptors (Lipinski definition) is 7. The number of ether oxygens (including phenoxy) is 2. The fourth-order valence-corrected chi connectivity index (χ4v) is 4.47. The third kappa shape index (κ3) is 21.2. The monoisotopic (exact) mass is 562 g/mol. The zero-order valence-electron chi connectivity index (χ0n) is 26.5. The van der Waals surface area contributed by atoms with Crippen molar-refractivity contribution < 1.29 is 29.3 Å². The van der Waals surface area contributed by atoms with Gasteiger partial charge in [-0.2, -0.15) is 0 Å². The van der Waals surface area contributed by atoms with Crippen LogP contribution in [0, 0.1) is 17.8 Å². The van der Waals surface area contributed by atoms with E-state index in [9.17, 15) is 19.8 Å². The molecule has 3 N–H and O–H groups in total. The van der Waals surface area contributed by atoms with Crippen LogP contribution in [0.25, 0.3) is 0 Å². The van der Waals surface area contributed by atoms with Gasteiger partial charge in [-0.1, -0.05) is 75.2 Å². The molecule has 236 valence electrons. The SMILES string of the molecule is C.CC.CC1CC(N(C)C)CC(O)O1.CCC[C@@H](C)C(=O)N[C@H](C)CC(C)CCCC(C)C(=O)OC(O)CC. The van der Waals surface area contributed by atoms with E-state index in [0.29, 0.717) is 18.4 Å². The van der Waals surface area contributed by atoms with Gasteiger partial charge in [-0.25, -0.2) is 0 Å². The molecule has 0 radical (unpaired) electrons. The van der Waals surface area contributed by atoms with Crippen molar-refractivity contribution in [2.45, 2.75) is 158 Å². The molecule has 0 aliphatic carbocycles. The molecule has 1 fully saturated rings. The minimum absolute atomic E-state index is 0. The van der Waals surface area contributed by atoms with Crippen LogP contribution in [0.15, 0.2) is 0 Å². The molecule has 0 aromatic carbocycles. The number of nitrogens with one attached hydrogen (secondary N) is 1.